The molecule has 0 saturated heterocycles. The van der Waals surface area contributed by atoms with Crippen molar-refractivity contribution in [2.45, 2.75) is 13.5 Å². The first-order chi connectivity index (χ1) is 11.6. The highest BCUT2D eigenvalue weighted by atomic mass is 35.5. The van der Waals surface area contributed by atoms with Gasteiger partial charge < -0.3 is 5.32 Å². The van der Waals surface area contributed by atoms with Gasteiger partial charge >= 0.3 is 0 Å². The van der Waals surface area contributed by atoms with E-state index in [2.05, 4.69) is 10.4 Å². The fourth-order valence-corrected chi connectivity index (χ4v) is 2.93. The fourth-order valence-electron chi connectivity index (χ4n) is 2.42. The molecule has 3 rings (SSSR count). The van der Waals surface area contributed by atoms with Gasteiger partial charge in [-0.3, -0.25) is 4.79 Å². The van der Waals surface area contributed by atoms with Gasteiger partial charge in [-0.2, -0.15) is 5.10 Å². The molecule has 1 N–H and O–H groups in total. The van der Waals surface area contributed by atoms with Crippen LogP contribution >= 0.6 is 23.2 Å². The van der Waals surface area contributed by atoms with Crippen molar-refractivity contribution in [2.24, 2.45) is 0 Å². The van der Waals surface area contributed by atoms with Crippen LogP contribution in [-0.4, -0.2) is 15.7 Å². The van der Waals surface area contributed by atoms with Gasteiger partial charge in [0.1, 0.15) is 5.15 Å². The Hall–Kier alpha value is -2.30. The van der Waals surface area contributed by atoms with Gasteiger partial charge in [0.15, 0.2) is 0 Å². The number of anilines is 1. The van der Waals surface area contributed by atoms with Crippen molar-refractivity contribution in [1.82, 2.24) is 9.78 Å². The number of nitrogens with zero attached hydrogens (tertiary/aromatic N) is 2. The average Bonchev–Trinajstić information content (AvgIpc) is 2.84. The van der Waals surface area contributed by atoms with E-state index in [1.165, 1.54) is 0 Å². The van der Waals surface area contributed by atoms with Crippen molar-refractivity contribution in [1.29, 1.82) is 0 Å². The monoisotopic (exact) mass is 359 g/mol. The second-order valence-corrected chi connectivity index (χ2v) is 6.09. The normalized spacial score (nSPS) is 10.6. The number of carbonyl (C=O) groups is 1. The Labute approximate surface area is 150 Å². The van der Waals surface area contributed by atoms with Gasteiger partial charge in [0, 0.05) is 10.7 Å². The van der Waals surface area contributed by atoms with Crippen LogP contribution in [0.1, 0.15) is 21.6 Å². The van der Waals surface area contributed by atoms with E-state index < -0.39 is 0 Å². The summed E-state index contributed by atoms with van der Waals surface area (Å²) in [5, 5.41) is 8.13. The molecule has 1 aromatic heterocycles. The lowest BCUT2D eigenvalue weighted by Gasteiger charge is -2.07. The van der Waals surface area contributed by atoms with E-state index in [0.717, 1.165) is 5.56 Å². The van der Waals surface area contributed by atoms with Gasteiger partial charge in [0.05, 0.1) is 17.8 Å². The zero-order valence-electron chi connectivity index (χ0n) is 13.0. The van der Waals surface area contributed by atoms with E-state index in [4.69, 9.17) is 23.2 Å². The molecule has 122 valence electrons. The van der Waals surface area contributed by atoms with Gasteiger partial charge in [-0.05, 0) is 30.7 Å². The first kappa shape index (κ1) is 16.6. The van der Waals surface area contributed by atoms with Crippen LogP contribution in [0.3, 0.4) is 0 Å². The van der Waals surface area contributed by atoms with Crippen molar-refractivity contribution >= 4 is 34.8 Å². The summed E-state index contributed by atoms with van der Waals surface area (Å²) in [6.07, 6.45) is 0. The highest BCUT2D eigenvalue weighted by Crippen LogP contribution is 2.24. The van der Waals surface area contributed by atoms with Crippen LogP contribution < -0.4 is 5.32 Å². The van der Waals surface area contributed by atoms with Gasteiger partial charge in [-0.25, -0.2) is 4.68 Å². The number of aromatic nitrogens is 2. The van der Waals surface area contributed by atoms with E-state index in [0.29, 0.717) is 33.7 Å². The Morgan fingerprint density at radius 1 is 1.08 bits per heavy atom. The van der Waals surface area contributed by atoms with Gasteiger partial charge in [0.2, 0.25) is 0 Å². The first-order valence-corrected chi connectivity index (χ1v) is 8.14. The van der Waals surface area contributed by atoms with Crippen LogP contribution in [0.2, 0.25) is 10.2 Å². The van der Waals surface area contributed by atoms with Crippen molar-refractivity contribution in [3.8, 4) is 0 Å². The Morgan fingerprint density at radius 2 is 1.75 bits per heavy atom. The van der Waals surface area contributed by atoms with Crippen LogP contribution in [0.5, 0.6) is 0 Å². The fraction of sp³-hybridized carbons (Fsp3) is 0.111. The highest BCUT2D eigenvalue weighted by Gasteiger charge is 2.20. The number of halogens is 2. The second kappa shape index (κ2) is 7.07. The summed E-state index contributed by atoms with van der Waals surface area (Å²) in [5.74, 6) is -0.283. The molecule has 0 radical (unpaired) electrons. The van der Waals surface area contributed by atoms with Gasteiger partial charge in [-0.1, -0.05) is 59.6 Å². The molecule has 2 aromatic carbocycles. The van der Waals surface area contributed by atoms with E-state index in [-0.39, 0.29) is 5.91 Å². The van der Waals surface area contributed by atoms with Crippen molar-refractivity contribution in [3.05, 3.63) is 81.6 Å². The molecule has 1 amide bonds. The third-order valence-electron chi connectivity index (χ3n) is 3.60. The minimum absolute atomic E-state index is 0.283. The molecule has 4 nitrogen and oxygen atoms in total. The van der Waals surface area contributed by atoms with Crippen molar-refractivity contribution in [3.63, 3.8) is 0 Å². The molecule has 0 aliphatic heterocycles. The number of nitrogens with one attached hydrogen (secondary N) is 1. The molecule has 1 heterocycles. The number of hydrogen-bond acceptors (Lipinski definition) is 2. The topological polar surface area (TPSA) is 46.9 Å². The van der Waals surface area contributed by atoms with Gasteiger partial charge in [0.25, 0.3) is 5.91 Å². The van der Waals surface area contributed by atoms with E-state index in [1.54, 1.807) is 11.6 Å². The third kappa shape index (κ3) is 3.45. The van der Waals surface area contributed by atoms with E-state index >= 15 is 0 Å². The molecule has 0 atom stereocenters. The number of aryl methyl sites for hydroxylation is 1. The summed E-state index contributed by atoms with van der Waals surface area (Å²) in [7, 11) is 0. The third-order valence-corrected chi connectivity index (χ3v) is 4.35. The van der Waals surface area contributed by atoms with Crippen LogP contribution in [0.15, 0.2) is 54.6 Å². The Bertz CT molecular complexity index is 875. The van der Waals surface area contributed by atoms with E-state index in [1.807, 2.05) is 54.6 Å². The predicted octanol–water partition coefficient (Wildman–Crippen LogP) is 4.80. The number of carbonyl (C=O) groups excluding carboxylic acids is 1. The molecule has 6 heteroatoms. The molecule has 0 bridgehead atoms. The molecular formula is C18H15Cl2N3O. The van der Waals surface area contributed by atoms with Gasteiger partial charge in [-0.15, -0.1) is 0 Å². The number of amides is 1. The Morgan fingerprint density at radius 3 is 2.46 bits per heavy atom. The maximum atomic E-state index is 12.5. The molecule has 0 fully saturated rings. The largest absolute Gasteiger partial charge is 0.322 e. The lowest BCUT2D eigenvalue weighted by Crippen LogP contribution is -2.13. The summed E-state index contributed by atoms with van der Waals surface area (Å²) in [5.41, 5.74) is 2.53. The van der Waals surface area contributed by atoms with Crippen LogP contribution in [0.4, 0.5) is 5.69 Å². The van der Waals surface area contributed by atoms with E-state index in [9.17, 15) is 4.79 Å². The lowest BCUT2D eigenvalue weighted by atomic mass is 10.2. The quantitative estimate of drug-likeness (QED) is 0.727. The molecule has 0 spiro atoms. The first-order valence-electron chi connectivity index (χ1n) is 7.39. The van der Waals surface area contributed by atoms with Crippen molar-refractivity contribution in [2.75, 3.05) is 5.32 Å². The molecule has 0 aliphatic rings. The molecule has 24 heavy (non-hydrogen) atoms. The SMILES string of the molecule is Cc1nn(Cc2ccccc2Cl)c(Cl)c1C(=O)Nc1ccccc1. The summed E-state index contributed by atoms with van der Waals surface area (Å²) in [6, 6.07) is 16.7. The minimum atomic E-state index is -0.283. The molecule has 3 aromatic rings. The number of hydrogen-bond donors (Lipinski definition) is 1. The number of benzene rings is 2. The standard InChI is InChI=1S/C18H15Cl2N3O/c1-12-16(18(24)21-14-8-3-2-4-9-14)17(20)23(22-12)11-13-7-5-6-10-15(13)19/h2-10H,11H2,1H3,(H,21,24). The highest BCUT2D eigenvalue weighted by molar-refractivity contribution is 6.34. The smallest absolute Gasteiger partial charge is 0.260 e. The average molecular weight is 360 g/mol. The van der Waals surface area contributed by atoms with Crippen molar-refractivity contribution < 1.29 is 4.79 Å². The summed E-state index contributed by atoms with van der Waals surface area (Å²) < 4.78 is 1.58. The molecule has 0 saturated carbocycles. The Kier molecular flexibility index (Phi) is 4.88. The van der Waals surface area contributed by atoms with Crippen LogP contribution in [-0.2, 0) is 6.54 Å². The Balaban J connectivity index is 1.86. The molecule has 0 aliphatic carbocycles. The summed E-state index contributed by atoms with van der Waals surface area (Å²) >= 11 is 12.6. The lowest BCUT2D eigenvalue weighted by molar-refractivity contribution is 0.102. The maximum absolute atomic E-state index is 12.5. The predicted molar refractivity (Wildman–Crippen MR) is 96.9 cm³/mol. The molecular weight excluding hydrogens is 345 g/mol. The summed E-state index contributed by atoms with van der Waals surface area (Å²) in [4.78, 5) is 12.5. The molecule has 0 unspecified atom stereocenters. The number of rotatable bonds is 4. The zero-order chi connectivity index (χ0) is 17.1. The van der Waals surface area contributed by atoms with Crippen LogP contribution in [0.25, 0.3) is 0 Å². The number of para-hydroxylation sites is 1. The maximum Gasteiger partial charge on any atom is 0.260 e. The van der Waals surface area contributed by atoms with Crippen LogP contribution in [0, 0.1) is 6.92 Å². The summed E-state index contributed by atoms with van der Waals surface area (Å²) in [6.45, 7) is 2.16. The minimum Gasteiger partial charge on any atom is -0.322 e. The second-order valence-electron chi connectivity index (χ2n) is 5.32. The zero-order valence-corrected chi connectivity index (χ0v) is 14.5.